The number of hydrogen-bond acceptors (Lipinski definition) is 6. The van der Waals surface area contributed by atoms with Crippen molar-refractivity contribution in [2.24, 2.45) is 5.10 Å². The standard InChI is InChI=1S/C27H27BrN4O4/c1-5-6-25-30-24-12-7-20(28)14-23(24)27(34)32(25)29-15-19-13-17(2)31(18(19)3)21-8-10-22(11-9-21)36-16-26(33)35-4/h7-15H,5-6,16H2,1-4H3. The van der Waals surface area contributed by atoms with E-state index in [9.17, 15) is 9.59 Å². The van der Waals surface area contributed by atoms with Crippen molar-refractivity contribution in [2.75, 3.05) is 13.7 Å². The molecule has 2 aromatic carbocycles. The van der Waals surface area contributed by atoms with Gasteiger partial charge in [-0.05, 0) is 68.8 Å². The predicted molar refractivity (Wildman–Crippen MR) is 143 cm³/mol. The molecule has 0 atom stereocenters. The molecule has 4 rings (SSSR count). The van der Waals surface area contributed by atoms with Crippen molar-refractivity contribution in [1.29, 1.82) is 0 Å². The maximum absolute atomic E-state index is 13.3. The summed E-state index contributed by atoms with van der Waals surface area (Å²) in [6.45, 7) is 5.92. The molecule has 0 fully saturated rings. The van der Waals surface area contributed by atoms with Gasteiger partial charge in [-0.1, -0.05) is 22.9 Å². The molecule has 8 nitrogen and oxygen atoms in total. The number of benzene rings is 2. The molecule has 0 amide bonds. The first-order chi connectivity index (χ1) is 17.3. The van der Waals surface area contributed by atoms with Gasteiger partial charge in [-0.2, -0.15) is 9.78 Å². The first-order valence-corrected chi connectivity index (χ1v) is 12.4. The van der Waals surface area contributed by atoms with Crippen LogP contribution in [0.1, 0.15) is 36.1 Å². The van der Waals surface area contributed by atoms with Crippen molar-refractivity contribution in [3.05, 3.63) is 86.1 Å². The van der Waals surface area contributed by atoms with Gasteiger partial charge in [-0.15, -0.1) is 0 Å². The van der Waals surface area contributed by atoms with Crippen LogP contribution in [0.15, 0.2) is 62.9 Å². The summed E-state index contributed by atoms with van der Waals surface area (Å²) in [5, 5.41) is 5.09. The number of aromatic nitrogens is 3. The van der Waals surface area contributed by atoms with E-state index in [2.05, 4.69) is 30.3 Å². The van der Waals surface area contributed by atoms with Gasteiger partial charge in [0.25, 0.3) is 5.56 Å². The van der Waals surface area contributed by atoms with Crippen LogP contribution in [0.2, 0.25) is 0 Å². The van der Waals surface area contributed by atoms with Gasteiger partial charge in [0.1, 0.15) is 11.6 Å². The second-order valence-corrected chi connectivity index (χ2v) is 9.24. The van der Waals surface area contributed by atoms with E-state index < -0.39 is 5.97 Å². The minimum atomic E-state index is -0.435. The van der Waals surface area contributed by atoms with E-state index in [0.29, 0.717) is 28.9 Å². The van der Waals surface area contributed by atoms with Gasteiger partial charge in [0, 0.05) is 33.5 Å². The Kier molecular flexibility index (Phi) is 7.69. The number of halogens is 1. The fourth-order valence-electron chi connectivity index (χ4n) is 4.03. The lowest BCUT2D eigenvalue weighted by molar-refractivity contribution is -0.142. The van der Waals surface area contributed by atoms with Crippen LogP contribution in [0.25, 0.3) is 16.6 Å². The predicted octanol–water partition coefficient (Wildman–Crippen LogP) is 4.95. The smallest absolute Gasteiger partial charge is 0.343 e. The Morgan fingerprint density at radius 3 is 2.58 bits per heavy atom. The summed E-state index contributed by atoms with van der Waals surface area (Å²) in [5.74, 6) is 0.771. The molecule has 0 spiro atoms. The largest absolute Gasteiger partial charge is 0.482 e. The van der Waals surface area contributed by atoms with Gasteiger partial charge >= 0.3 is 5.97 Å². The van der Waals surface area contributed by atoms with Crippen LogP contribution >= 0.6 is 15.9 Å². The highest BCUT2D eigenvalue weighted by molar-refractivity contribution is 9.10. The molecule has 2 aromatic heterocycles. The van der Waals surface area contributed by atoms with Crippen molar-refractivity contribution in [1.82, 2.24) is 14.2 Å². The fraction of sp³-hybridized carbons (Fsp3) is 0.259. The van der Waals surface area contributed by atoms with Crippen LogP contribution < -0.4 is 10.3 Å². The molecule has 2 heterocycles. The van der Waals surface area contributed by atoms with Gasteiger partial charge in [0.15, 0.2) is 6.61 Å². The summed E-state index contributed by atoms with van der Waals surface area (Å²) in [7, 11) is 1.32. The topological polar surface area (TPSA) is 87.7 Å². The van der Waals surface area contributed by atoms with Crippen molar-refractivity contribution in [3.63, 3.8) is 0 Å². The minimum absolute atomic E-state index is 0.141. The Bertz CT molecular complexity index is 1500. The summed E-state index contributed by atoms with van der Waals surface area (Å²) < 4.78 is 14.3. The third kappa shape index (κ3) is 5.26. The van der Waals surface area contributed by atoms with Crippen LogP contribution in [0.3, 0.4) is 0 Å². The summed E-state index contributed by atoms with van der Waals surface area (Å²) >= 11 is 3.44. The van der Waals surface area contributed by atoms with Crippen LogP contribution in [0.5, 0.6) is 5.75 Å². The Labute approximate surface area is 217 Å². The molecule has 4 aromatic rings. The van der Waals surface area contributed by atoms with Crippen LogP contribution in [0.4, 0.5) is 0 Å². The van der Waals surface area contributed by atoms with Gasteiger partial charge in [0.05, 0.1) is 24.2 Å². The molecule has 0 aliphatic heterocycles. The van der Waals surface area contributed by atoms with Gasteiger partial charge in [-0.25, -0.2) is 9.78 Å². The molecule has 36 heavy (non-hydrogen) atoms. The second kappa shape index (κ2) is 10.9. The average molecular weight is 551 g/mol. The number of rotatable bonds is 8. The van der Waals surface area contributed by atoms with Gasteiger partial charge in [-0.3, -0.25) is 4.79 Å². The number of carbonyl (C=O) groups is 1. The average Bonchev–Trinajstić information content (AvgIpc) is 3.16. The zero-order valence-electron chi connectivity index (χ0n) is 20.6. The lowest BCUT2D eigenvalue weighted by Gasteiger charge is -2.11. The third-order valence-electron chi connectivity index (χ3n) is 5.81. The second-order valence-electron chi connectivity index (χ2n) is 8.32. The number of esters is 1. The summed E-state index contributed by atoms with van der Waals surface area (Å²) in [6.07, 6.45) is 3.19. The lowest BCUT2D eigenvalue weighted by Crippen LogP contribution is -2.22. The first-order valence-electron chi connectivity index (χ1n) is 11.6. The first kappa shape index (κ1) is 25.4. The molecular weight excluding hydrogens is 524 g/mol. The van der Waals surface area contributed by atoms with E-state index in [0.717, 1.165) is 33.5 Å². The molecule has 0 radical (unpaired) electrons. The highest BCUT2D eigenvalue weighted by atomic mass is 79.9. The normalized spacial score (nSPS) is 11.4. The number of aryl methyl sites for hydroxylation is 2. The minimum Gasteiger partial charge on any atom is -0.482 e. The number of fused-ring (bicyclic) bond motifs is 1. The lowest BCUT2D eigenvalue weighted by atomic mass is 10.2. The molecule has 0 aliphatic rings. The van der Waals surface area contributed by atoms with E-state index in [-0.39, 0.29) is 12.2 Å². The van der Waals surface area contributed by atoms with Crippen molar-refractivity contribution in [3.8, 4) is 11.4 Å². The molecule has 0 N–H and O–H groups in total. The molecule has 0 aliphatic carbocycles. The number of hydrogen-bond donors (Lipinski definition) is 0. The SMILES string of the molecule is CCCc1nc2ccc(Br)cc2c(=O)n1N=Cc1cc(C)n(-c2ccc(OCC(=O)OC)cc2)c1C. The number of carbonyl (C=O) groups excluding carboxylic acids is 1. The highest BCUT2D eigenvalue weighted by Crippen LogP contribution is 2.22. The van der Waals surface area contributed by atoms with Gasteiger partial charge < -0.3 is 14.0 Å². The zero-order valence-corrected chi connectivity index (χ0v) is 22.2. The Morgan fingerprint density at radius 2 is 1.89 bits per heavy atom. The number of nitrogens with zero attached hydrogens (tertiary/aromatic N) is 4. The molecular formula is C27H27BrN4O4. The molecule has 0 saturated heterocycles. The monoisotopic (exact) mass is 550 g/mol. The number of methoxy groups -OCH3 is 1. The highest BCUT2D eigenvalue weighted by Gasteiger charge is 2.13. The van der Waals surface area contributed by atoms with Crippen LogP contribution in [0, 0.1) is 13.8 Å². The Hall–Kier alpha value is -3.72. The quantitative estimate of drug-likeness (QED) is 0.228. The van der Waals surface area contributed by atoms with E-state index in [1.54, 1.807) is 24.4 Å². The summed E-state index contributed by atoms with van der Waals surface area (Å²) in [5.41, 5.74) is 4.28. The van der Waals surface area contributed by atoms with Crippen molar-refractivity contribution >= 4 is 39.0 Å². The zero-order chi connectivity index (χ0) is 25.8. The molecule has 0 unspecified atom stereocenters. The molecule has 186 valence electrons. The maximum Gasteiger partial charge on any atom is 0.343 e. The summed E-state index contributed by atoms with van der Waals surface area (Å²) in [4.78, 5) is 29.3. The van der Waals surface area contributed by atoms with E-state index in [1.165, 1.54) is 11.8 Å². The van der Waals surface area contributed by atoms with Crippen molar-refractivity contribution in [2.45, 2.75) is 33.6 Å². The van der Waals surface area contributed by atoms with E-state index in [1.807, 2.05) is 51.1 Å². The van der Waals surface area contributed by atoms with E-state index in [4.69, 9.17) is 9.72 Å². The van der Waals surface area contributed by atoms with Crippen LogP contribution in [-0.4, -0.2) is 40.1 Å². The Balaban J connectivity index is 1.67. The molecule has 0 bridgehead atoms. The van der Waals surface area contributed by atoms with Crippen LogP contribution in [-0.2, 0) is 16.0 Å². The van der Waals surface area contributed by atoms with E-state index >= 15 is 0 Å². The van der Waals surface area contributed by atoms with Gasteiger partial charge in [0.2, 0.25) is 0 Å². The molecule has 0 saturated carbocycles. The number of ether oxygens (including phenoxy) is 2. The Morgan fingerprint density at radius 1 is 1.14 bits per heavy atom. The maximum atomic E-state index is 13.3. The molecule has 9 heteroatoms. The van der Waals surface area contributed by atoms with Crippen molar-refractivity contribution < 1.29 is 14.3 Å². The summed E-state index contributed by atoms with van der Waals surface area (Å²) in [6, 6.07) is 15.0. The fourth-order valence-corrected chi connectivity index (χ4v) is 4.39. The third-order valence-corrected chi connectivity index (χ3v) is 6.30.